The van der Waals surface area contributed by atoms with Crippen molar-refractivity contribution < 1.29 is 17.7 Å². The SMILES string of the molecule is Cc1ccc(S(=O)(=O)NC(=O)c2cc[nH]c2)c(Cc2cc(C)no2)c1. The first-order valence-corrected chi connectivity index (χ1v) is 9.05. The summed E-state index contributed by atoms with van der Waals surface area (Å²) in [5, 5.41) is 3.81. The molecule has 25 heavy (non-hydrogen) atoms. The number of nitrogens with zero attached hydrogens (tertiary/aromatic N) is 1. The molecule has 130 valence electrons. The Balaban J connectivity index is 1.93. The summed E-state index contributed by atoms with van der Waals surface area (Å²) in [4.78, 5) is 14.8. The van der Waals surface area contributed by atoms with E-state index in [1.807, 2.05) is 6.92 Å². The number of aromatic nitrogens is 2. The molecule has 7 nitrogen and oxygen atoms in total. The second-order valence-electron chi connectivity index (χ2n) is 5.76. The van der Waals surface area contributed by atoms with Crippen molar-refractivity contribution in [3.05, 3.63) is 70.9 Å². The van der Waals surface area contributed by atoms with Crippen LogP contribution in [0.5, 0.6) is 0 Å². The van der Waals surface area contributed by atoms with Crippen LogP contribution in [0.2, 0.25) is 0 Å². The third-order valence-corrected chi connectivity index (χ3v) is 5.07. The molecule has 0 bridgehead atoms. The third kappa shape index (κ3) is 3.80. The fourth-order valence-corrected chi connectivity index (χ4v) is 3.69. The molecule has 0 saturated carbocycles. The Bertz CT molecular complexity index is 1000. The fourth-order valence-electron chi connectivity index (χ4n) is 2.50. The molecule has 0 spiro atoms. The summed E-state index contributed by atoms with van der Waals surface area (Å²) in [5.74, 6) is -0.139. The Morgan fingerprint density at radius 1 is 1.24 bits per heavy atom. The average molecular weight is 359 g/mol. The molecule has 3 rings (SSSR count). The first-order valence-electron chi connectivity index (χ1n) is 7.57. The van der Waals surface area contributed by atoms with Gasteiger partial charge in [0.15, 0.2) is 0 Å². The molecule has 8 heteroatoms. The number of H-pyrrole nitrogens is 1. The van der Waals surface area contributed by atoms with E-state index in [9.17, 15) is 13.2 Å². The molecule has 1 aromatic carbocycles. The molecule has 0 unspecified atom stereocenters. The minimum Gasteiger partial charge on any atom is -0.367 e. The van der Waals surface area contributed by atoms with Crippen LogP contribution in [0.4, 0.5) is 0 Å². The number of rotatable bonds is 5. The predicted octanol–water partition coefficient (Wildman–Crippen LogP) is 2.33. The Morgan fingerprint density at radius 3 is 2.68 bits per heavy atom. The Labute approximate surface area is 145 Å². The zero-order chi connectivity index (χ0) is 18.0. The van der Waals surface area contributed by atoms with E-state index in [1.165, 1.54) is 18.3 Å². The van der Waals surface area contributed by atoms with Crippen molar-refractivity contribution in [3.8, 4) is 0 Å². The van der Waals surface area contributed by atoms with Crippen molar-refractivity contribution >= 4 is 15.9 Å². The van der Waals surface area contributed by atoms with Crippen molar-refractivity contribution in [2.75, 3.05) is 0 Å². The monoisotopic (exact) mass is 359 g/mol. The zero-order valence-electron chi connectivity index (χ0n) is 13.7. The van der Waals surface area contributed by atoms with Crippen molar-refractivity contribution in [1.82, 2.24) is 14.9 Å². The Kier molecular flexibility index (Phi) is 4.45. The van der Waals surface area contributed by atoms with Gasteiger partial charge < -0.3 is 9.51 Å². The van der Waals surface area contributed by atoms with Gasteiger partial charge in [-0.25, -0.2) is 13.1 Å². The lowest BCUT2D eigenvalue weighted by Crippen LogP contribution is -2.31. The number of carbonyl (C=O) groups excluding carboxylic acids is 1. The number of carbonyl (C=O) groups is 1. The van der Waals surface area contributed by atoms with Gasteiger partial charge in [0.25, 0.3) is 15.9 Å². The molecule has 0 saturated heterocycles. The van der Waals surface area contributed by atoms with Gasteiger partial charge in [-0.3, -0.25) is 4.79 Å². The van der Waals surface area contributed by atoms with Crippen LogP contribution < -0.4 is 4.72 Å². The van der Waals surface area contributed by atoms with Crippen LogP contribution in [0.1, 0.15) is 32.9 Å². The number of hydrogen-bond donors (Lipinski definition) is 2. The van der Waals surface area contributed by atoms with E-state index in [0.717, 1.165) is 5.56 Å². The van der Waals surface area contributed by atoms with Crippen LogP contribution in [0.3, 0.4) is 0 Å². The summed E-state index contributed by atoms with van der Waals surface area (Å²) in [6.45, 7) is 3.65. The van der Waals surface area contributed by atoms with Gasteiger partial charge in [-0.1, -0.05) is 22.9 Å². The lowest BCUT2D eigenvalue weighted by atomic mass is 10.1. The highest BCUT2D eigenvalue weighted by Gasteiger charge is 2.23. The Morgan fingerprint density at radius 2 is 2.04 bits per heavy atom. The number of aromatic amines is 1. The number of nitrogens with one attached hydrogen (secondary N) is 2. The second-order valence-corrected chi connectivity index (χ2v) is 7.41. The Hall–Kier alpha value is -2.87. The molecule has 0 aliphatic carbocycles. The number of benzene rings is 1. The molecule has 0 aliphatic heterocycles. The highest BCUT2D eigenvalue weighted by atomic mass is 32.2. The maximum Gasteiger partial charge on any atom is 0.266 e. The summed E-state index contributed by atoms with van der Waals surface area (Å²) >= 11 is 0. The van der Waals surface area contributed by atoms with Crippen LogP contribution in [0, 0.1) is 13.8 Å². The molecular formula is C17H17N3O4S. The van der Waals surface area contributed by atoms with Gasteiger partial charge in [-0.2, -0.15) is 0 Å². The maximum absolute atomic E-state index is 12.7. The standard InChI is InChI=1S/C17H17N3O4S/c1-11-3-4-16(14(7-11)9-15-8-12(2)19-24-15)25(22,23)20-17(21)13-5-6-18-10-13/h3-8,10,18H,9H2,1-2H3,(H,20,21). The van der Waals surface area contributed by atoms with Gasteiger partial charge in [0, 0.05) is 24.9 Å². The van der Waals surface area contributed by atoms with E-state index in [2.05, 4.69) is 14.9 Å². The van der Waals surface area contributed by atoms with Gasteiger partial charge in [0.1, 0.15) is 5.76 Å². The van der Waals surface area contributed by atoms with Gasteiger partial charge in [-0.05, 0) is 31.5 Å². The van der Waals surface area contributed by atoms with E-state index < -0.39 is 15.9 Å². The van der Waals surface area contributed by atoms with E-state index >= 15 is 0 Å². The number of sulfonamides is 1. The van der Waals surface area contributed by atoms with Crippen LogP contribution in [-0.2, 0) is 16.4 Å². The predicted molar refractivity (Wildman–Crippen MR) is 90.7 cm³/mol. The van der Waals surface area contributed by atoms with Crippen molar-refractivity contribution in [2.24, 2.45) is 0 Å². The molecule has 0 atom stereocenters. The summed E-state index contributed by atoms with van der Waals surface area (Å²) in [7, 11) is -4.02. The molecule has 2 N–H and O–H groups in total. The van der Waals surface area contributed by atoms with Crippen molar-refractivity contribution in [3.63, 3.8) is 0 Å². The molecule has 0 fully saturated rings. The van der Waals surface area contributed by atoms with Crippen LogP contribution >= 0.6 is 0 Å². The molecule has 1 amide bonds. The summed E-state index contributed by atoms with van der Waals surface area (Å²) < 4.78 is 32.6. The quantitative estimate of drug-likeness (QED) is 0.727. The number of hydrogen-bond acceptors (Lipinski definition) is 5. The van der Waals surface area contributed by atoms with Gasteiger partial charge in [0.2, 0.25) is 0 Å². The zero-order valence-corrected chi connectivity index (χ0v) is 14.6. The minimum absolute atomic E-state index is 0.0380. The van der Waals surface area contributed by atoms with E-state index in [4.69, 9.17) is 4.52 Å². The average Bonchev–Trinajstić information content (AvgIpc) is 3.18. The van der Waals surface area contributed by atoms with Gasteiger partial charge >= 0.3 is 0 Å². The molecular weight excluding hydrogens is 342 g/mol. The molecule has 2 heterocycles. The normalized spacial score (nSPS) is 11.4. The minimum atomic E-state index is -4.02. The molecule has 2 aromatic heterocycles. The summed E-state index contributed by atoms with van der Waals surface area (Å²) in [6.07, 6.45) is 3.24. The van der Waals surface area contributed by atoms with Crippen molar-refractivity contribution in [2.45, 2.75) is 25.2 Å². The van der Waals surface area contributed by atoms with Gasteiger partial charge in [-0.15, -0.1) is 0 Å². The smallest absolute Gasteiger partial charge is 0.266 e. The highest BCUT2D eigenvalue weighted by molar-refractivity contribution is 7.90. The lowest BCUT2D eigenvalue weighted by Gasteiger charge is -2.11. The van der Waals surface area contributed by atoms with Crippen LogP contribution in [0.25, 0.3) is 0 Å². The fraction of sp³-hybridized carbons (Fsp3) is 0.176. The van der Waals surface area contributed by atoms with E-state index in [-0.39, 0.29) is 16.9 Å². The van der Waals surface area contributed by atoms with E-state index in [1.54, 1.807) is 31.3 Å². The topological polar surface area (TPSA) is 105 Å². The molecule has 0 aliphatic rings. The van der Waals surface area contributed by atoms with E-state index in [0.29, 0.717) is 17.0 Å². The van der Waals surface area contributed by atoms with Crippen LogP contribution in [0.15, 0.2) is 52.1 Å². The number of amides is 1. The first-order chi connectivity index (χ1) is 11.8. The van der Waals surface area contributed by atoms with Gasteiger partial charge in [0.05, 0.1) is 16.2 Å². The van der Waals surface area contributed by atoms with Crippen LogP contribution in [-0.4, -0.2) is 24.5 Å². The summed E-state index contributed by atoms with van der Waals surface area (Å²) in [6, 6.07) is 8.17. The first kappa shape index (κ1) is 17.0. The molecule has 3 aromatic rings. The third-order valence-electron chi connectivity index (χ3n) is 3.63. The lowest BCUT2D eigenvalue weighted by molar-refractivity contribution is 0.0981. The second kappa shape index (κ2) is 6.56. The highest BCUT2D eigenvalue weighted by Crippen LogP contribution is 2.21. The maximum atomic E-state index is 12.7. The molecule has 0 radical (unpaired) electrons. The largest absolute Gasteiger partial charge is 0.367 e. The number of aryl methyl sites for hydroxylation is 2. The summed E-state index contributed by atoms with van der Waals surface area (Å²) in [5.41, 5.74) is 2.39. The van der Waals surface area contributed by atoms with Crippen molar-refractivity contribution in [1.29, 1.82) is 0 Å².